The monoisotopic (exact) mass is 422 g/mol. The van der Waals surface area contributed by atoms with Gasteiger partial charge >= 0.3 is 0 Å². The van der Waals surface area contributed by atoms with Crippen LogP contribution >= 0.6 is 11.7 Å². The molecule has 1 aromatic heterocycles. The first-order valence-corrected chi connectivity index (χ1v) is 12.2. The van der Waals surface area contributed by atoms with Crippen LogP contribution in [0.5, 0.6) is 0 Å². The number of carbonyl (C=O) groups is 1. The van der Waals surface area contributed by atoms with Gasteiger partial charge in [-0.15, -0.1) is 0 Å². The molecule has 0 spiro atoms. The summed E-state index contributed by atoms with van der Waals surface area (Å²) >= 11 is 1.02. The lowest BCUT2D eigenvalue weighted by molar-refractivity contribution is -0.140. The summed E-state index contributed by atoms with van der Waals surface area (Å²) in [5.41, 5.74) is 1.04. The average molecular weight is 423 g/mol. The molecule has 1 aromatic carbocycles. The molecule has 7 nitrogen and oxygen atoms in total. The van der Waals surface area contributed by atoms with E-state index in [9.17, 15) is 13.2 Å². The molecule has 152 valence electrons. The molecule has 2 aliphatic rings. The topological polar surface area (TPSA) is 83.5 Å². The van der Waals surface area contributed by atoms with Crippen molar-refractivity contribution < 1.29 is 13.2 Å². The van der Waals surface area contributed by atoms with Gasteiger partial charge in [-0.25, -0.2) is 8.42 Å². The fourth-order valence-corrected chi connectivity index (χ4v) is 6.64. The number of rotatable bonds is 4. The smallest absolute Gasteiger partial charge is 0.245 e. The lowest BCUT2D eigenvalue weighted by Crippen LogP contribution is -2.49. The van der Waals surface area contributed by atoms with Gasteiger partial charge in [0.05, 0.1) is 11.7 Å². The van der Waals surface area contributed by atoms with Gasteiger partial charge in [-0.2, -0.15) is 13.1 Å². The minimum atomic E-state index is -3.64. The van der Waals surface area contributed by atoms with E-state index in [0.717, 1.165) is 37.5 Å². The minimum absolute atomic E-state index is 0.0738. The van der Waals surface area contributed by atoms with Gasteiger partial charge in [0.2, 0.25) is 15.9 Å². The molecule has 0 N–H and O–H groups in total. The highest BCUT2D eigenvalue weighted by atomic mass is 32.2. The number of likely N-dealkylation sites (tertiary alicyclic amines) is 1. The van der Waals surface area contributed by atoms with Gasteiger partial charge in [0.1, 0.15) is 15.9 Å². The third-order valence-electron chi connectivity index (χ3n) is 6.05. The molecule has 0 saturated carbocycles. The SMILES string of the molecule is CC[C@H]1CCCCN1C(=O)C1CCN(S(=O)(=O)c2cccc3nsnc23)CC1. The van der Waals surface area contributed by atoms with Crippen molar-refractivity contribution in [2.24, 2.45) is 5.92 Å². The number of nitrogens with zero attached hydrogens (tertiary/aromatic N) is 4. The zero-order chi connectivity index (χ0) is 19.7. The van der Waals surface area contributed by atoms with Crippen LogP contribution in [0.1, 0.15) is 45.4 Å². The molecule has 4 rings (SSSR count). The molecule has 0 bridgehead atoms. The Balaban J connectivity index is 1.46. The Morgan fingerprint density at radius 2 is 1.93 bits per heavy atom. The highest BCUT2D eigenvalue weighted by Crippen LogP contribution is 2.30. The van der Waals surface area contributed by atoms with Crippen molar-refractivity contribution in [3.8, 4) is 0 Å². The molecule has 0 radical (unpaired) electrons. The van der Waals surface area contributed by atoms with E-state index in [0.29, 0.717) is 43.0 Å². The second-order valence-corrected chi connectivity index (χ2v) is 10.1. The molecule has 2 saturated heterocycles. The predicted molar refractivity (Wildman–Crippen MR) is 109 cm³/mol. The maximum absolute atomic E-state index is 13.1. The van der Waals surface area contributed by atoms with Gasteiger partial charge in [0, 0.05) is 31.6 Å². The molecular formula is C19H26N4O3S2. The van der Waals surface area contributed by atoms with Crippen LogP contribution in [0.3, 0.4) is 0 Å². The number of hydrogen-bond donors (Lipinski definition) is 0. The van der Waals surface area contributed by atoms with E-state index in [1.165, 1.54) is 10.7 Å². The number of piperidine rings is 2. The van der Waals surface area contributed by atoms with Crippen LogP contribution in [0, 0.1) is 5.92 Å². The zero-order valence-electron chi connectivity index (χ0n) is 16.1. The minimum Gasteiger partial charge on any atom is -0.339 e. The van der Waals surface area contributed by atoms with Crippen molar-refractivity contribution in [1.82, 2.24) is 18.0 Å². The van der Waals surface area contributed by atoms with Gasteiger partial charge in [-0.3, -0.25) is 4.79 Å². The number of amides is 1. The molecular weight excluding hydrogens is 396 g/mol. The van der Waals surface area contributed by atoms with Gasteiger partial charge in [-0.1, -0.05) is 13.0 Å². The summed E-state index contributed by atoms with van der Waals surface area (Å²) in [4.78, 5) is 15.3. The Morgan fingerprint density at radius 1 is 1.14 bits per heavy atom. The lowest BCUT2D eigenvalue weighted by Gasteiger charge is -2.39. The summed E-state index contributed by atoms with van der Waals surface area (Å²) < 4.78 is 36.1. The maximum atomic E-state index is 13.1. The highest BCUT2D eigenvalue weighted by Gasteiger charge is 2.36. The van der Waals surface area contributed by atoms with Crippen molar-refractivity contribution in [3.63, 3.8) is 0 Å². The number of hydrogen-bond acceptors (Lipinski definition) is 6. The van der Waals surface area contributed by atoms with Crippen molar-refractivity contribution in [2.45, 2.75) is 56.4 Å². The van der Waals surface area contributed by atoms with Crippen molar-refractivity contribution in [2.75, 3.05) is 19.6 Å². The first-order chi connectivity index (χ1) is 13.5. The molecule has 1 atom stereocenters. The van der Waals surface area contributed by atoms with E-state index in [1.807, 2.05) is 0 Å². The van der Waals surface area contributed by atoms with Crippen molar-refractivity contribution in [3.05, 3.63) is 18.2 Å². The Kier molecular flexibility index (Phi) is 5.66. The Hall–Kier alpha value is -1.58. The maximum Gasteiger partial charge on any atom is 0.245 e. The molecule has 3 heterocycles. The first kappa shape index (κ1) is 19.7. The summed E-state index contributed by atoms with van der Waals surface area (Å²) in [7, 11) is -3.64. The summed E-state index contributed by atoms with van der Waals surface area (Å²) in [6, 6.07) is 5.41. The summed E-state index contributed by atoms with van der Waals surface area (Å²) in [6.07, 6.45) is 5.50. The zero-order valence-corrected chi connectivity index (χ0v) is 17.7. The molecule has 2 aliphatic heterocycles. The molecule has 2 fully saturated rings. The number of carbonyl (C=O) groups excluding carboxylic acids is 1. The second kappa shape index (κ2) is 8.04. The fourth-order valence-electron chi connectivity index (χ4n) is 4.42. The van der Waals surface area contributed by atoms with Crippen LogP contribution < -0.4 is 0 Å². The quantitative estimate of drug-likeness (QED) is 0.756. The number of fused-ring (bicyclic) bond motifs is 1. The molecule has 28 heavy (non-hydrogen) atoms. The summed E-state index contributed by atoms with van der Waals surface area (Å²) in [5.74, 6) is 0.143. The third kappa shape index (κ3) is 3.55. The van der Waals surface area contributed by atoms with Crippen LogP contribution in [-0.4, -0.2) is 58.0 Å². The molecule has 2 aromatic rings. The van der Waals surface area contributed by atoms with Crippen LogP contribution in [0.4, 0.5) is 0 Å². The normalized spacial score (nSPS) is 22.6. The molecule has 1 amide bonds. The van der Waals surface area contributed by atoms with Gasteiger partial charge < -0.3 is 4.90 Å². The largest absolute Gasteiger partial charge is 0.339 e. The Morgan fingerprint density at radius 3 is 2.68 bits per heavy atom. The van der Waals surface area contributed by atoms with E-state index >= 15 is 0 Å². The second-order valence-electron chi connectivity index (χ2n) is 7.66. The molecule has 9 heteroatoms. The molecule has 0 aliphatic carbocycles. The Bertz CT molecular complexity index is 951. The van der Waals surface area contributed by atoms with Gasteiger partial charge in [0.25, 0.3) is 0 Å². The predicted octanol–water partition coefficient (Wildman–Crippen LogP) is 2.88. The van der Waals surface area contributed by atoms with E-state index in [2.05, 4.69) is 20.6 Å². The number of aromatic nitrogens is 2. The van der Waals surface area contributed by atoms with Crippen LogP contribution in [0.25, 0.3) is 11.0 Å². The van der Waals surface area contributed by atoms with E-state index in [-0.39, 0.29) is 16.7 Å². The summed E-state index contributed by atoms with van der Waals surface area (Å²) in [5, 5.41) is 0. The van der Waals surface area contributed by atoms with E-state index < -0.39 is 10.0 Å². The standard InChI is InChI=1S/C19H26N4O3S2/c1-2-15-6-3-4-11-23(15)19(24)14-9-12-22(13-10-14)28(25,26)17-8-5-7-16-18(17)21-27-20-16/h5,7-8,14-15H,2-4,6,9-13H2,1H3/t15-/m0/s1. The third-order valence-corrected chi connectivity index (χ3v) is 8.52. The van der Waals surface area contributed by atoms with Crippen LogP contribution in [-0.2, 0) is 14.8 Å². The van der Waals surface area contributed by atoms with Gasteiger partial charge in [0.15, 0.2) is 0 Å². The van der Waals surface area contributed by atoms with Crippen molar-refractivity contribution in [1.29, 1.82) is 0 Å². The Labute approximate surface area is 170 Å². The average Bonchev–Trinajstić information content (AvgIpc) is 3.22. The number of sulfonamides is 1. The van der Waals surface area contributed by atoms with Crippen LogP contribution in [0.2, 0.25) is 0 Å². The van der Waals surface area contributed by atoms with E-state index in [1.54, 1.807) is 18.2 Å². The number of benzene rings is 1. The van der Waals surface area contributed by atoms with Crippen LogP contribution in [0.15, 0.2) is 23.1 Å². The molecule has 0 unspecified atom stereocenters. The first-order valence-electron chi connectivity index (χ1n) is 10.0. The van der Waals surface area contributed by atoms with Gasteiger partial charge in [-0.05, 0) is 50.7 Å². The lowest BCUT2D eigenvalue weighted by atomic mass is 9.92. The summed E-state index contributed by atoms with van der Waals surface area (Å²) in [6.45, 7) is 3.72. The highest BCUT2D eigenvalue weighted by molar-refractivity contribution is 7.89. The van der Waals surface area contributed by atoms with E-state index in [4.69, 9.17) is 0 Å². The van der Waals surface area contributed by atoms with Crippen molar-refractivity contribution >= 4 is 38.7 Å². The fraction of sp³-hybridized carbons (Fsp3) is 0.632.